The third-order valence-corrected chi connectivity index (χ3v) is 6.30. The molecule has 29 heavy (non-hydrogen) atoms. The van der Waals surface area contributed by atoms with Crippen molar-refractivity contribution in [3.05, 3.63) is 41.5 Å². The molecule has 9 heteroatoms. The Bertz CT molecular complexity index is 1220. The van der Waals surface area contributed by atoms with Crippen molar-refractivity contribution in [2.45, 2.75) is 37.8 Å². The fourth-order valence-corrected chi connectivity index (χ4v) is 4.73. The van der Waals surface area contributed by atoms with Crippen LogP contribution in [0.3, 0.4) is 0 Å². The SMILES string of the molecule is NC1CCCC(Nc2ccc3ncc(-c4ccc5nc(C(=O)O)sc5c4)n3n2)C1. The molecule has 0 bridgehead atoms. The maximum Gasteiger partial charge on any atom is 0.365 e. The number of anilines is 1. The average molecular weight is 408 g/mol. The lowest BCUT2D eigenvalue weighted by Gasteiger charge is -2.27. The molecule has 5 rings (SSSR count). The van der Waals surface area contributed by atoms with Gasteiger partial charge in [0.15, 0.2) is 5.65 Å². The molecule has 0 aliphatic heterocycles. The number of aromatic nitrogens is 4. The molecule has 4 aromatic rings. The molecule has 8 nitrogen and oxygen atoms in total. The van der Waals surface area contributed by atoms with E-state index in [9.17, 15) is 9.90 Å². The predicted octanol–water partition coefficient (Wildman–Crippen LogP) is 3.39. The zero-order valence-electron chi connectivity index (χ0n) is 15.6. The molecule has 4 N–H and O–H groups in total. The Labute approximate surface area is 170 Å². The minimum Gasteiger partial charge on any atom is -0.476 e. The molecule has 0 radical (unpaired) electrons. The Morgan fingerprint density at radius 3 is 3.00 bits per heavy atom. The summed E-state index contributed by atoms with van der Waals surface area (Å²) in [5, 5.41) is 17.5. The number of carboxylic acid groups (broad SMARTS) is 1. The van der Waals surface area contributed by atoms with Crippen molar-refractivity contribution in [1.82, 2.24) is 19.6 Å². The van der Waals surface area contributed by atoms with Gasteiger partial charge in [0.25, 0.3) is 0 Å². The summed E-state index contributed by atoms with van der Waals surface area (Å²) >= 11 is 1.16. The molecule has 0 saturated heterocycles. The number of hydrogen-bond donors (Lipinski definition) is 3. The van der Waals surface area contributed by atoms with Crippen LogP contribution >= 0.6 is 11.3 Å². The predicted molar refractivity (Wildman–Crippen MR) is 112 cm³/mol. The number of carboxylic acids is 1. The third-order valence-electron chi connectivity index (χ3n) is 5.30. The molecule has 0 amide bonds. The van der Waals surface area contributed by atoms with E-state index in [0.29, 0.717) is 11.6 Å². The molecule has 0 spiro atoms. The van der Waals surface area contributed by atoms with E-state index in [1.165, 1.54) is 0 Å². The highest BCUT2D eigenvalue weighted by Gasteiger charge is 2.20. The molecule has 1 aromatic carbocycles. The van der Waals surface area contributed by atoms with Crippen molar-refractivity contribution >= 4 is 39.0 Å². The Balaban J connectivity index is 1.50. The van der Waals surface area contributed by atoms with E-state index in [2.05, 4.69) is 15.3 Å². The highest BCUT2D eigenvalue weighted by Crippen LogP contribution is 2.29. The molecule has 1 fully saturated rings. The van der Waals surface area contributed by atoms with Gasteiger partial charge >= 0.3 is 5.97 Å². The van der Waals surface area contributed by atoms with Gasteiger partial charge in [-0.3, -0.25) is 0 Å². The number of imidazole rings is 1. The second-order valence-electron chi connectivity index (χ2n) is 7.41. The second kappa shape index (κ2) is 7.09. The summed E-state index contributed by atoms with van der Waals surface area (Å²) in [6.45, 7) is 0. The summed E-state index contributed by atoms with van der Waals surface area (Å²) in [5.74, 6) is -0.217. The molecule has 1 aliphatic carbocycles. The van der Waals surface area contributed by atoms with Crippen LogP contribution in [0.2, 0.25) is 0 Å². The summed E-state index contributed by atoms with van der Waals surface area (Å²) < 4.78 is 2.63. The first-order valence-corrected chi connectivity index (χ1v) is 10.4. The van der Waals surface area contributed by atoms with Gasteiger partial charge in [0.2, 0.25) is 5.01 Å². The number of rotatable bonds is 4. The molecule has 2 atom stereocenters. The number of nitrogens with zero attached hydrogens (tertiary/aromatic N) is 4. The summed E-state index contributed by atoms with van der Waals surface area (Å²) in [7, 11) is 0. The lowest BCUT2D eigenvalue weighted by molar-refractivity contribution is 0.0696. The number of hydrogen-bond acceptors (Lipinski definition) is 7. The van der Waals surface area contributed by atoms with Crippen molar-refractivity contribution in [1.29, 1.82) is 0 Å². The third kappa shape index (κ3) is 3.43. The first-order valence-electron chi connectivity index (χ1n) is 9.58. The van der Waals surface area contributed by atoms with Gasteiger partial charge in [-0.1, -0.05) is 6.07 Å². The lowest BCUT2D eigenvalue weighted by atomic mass is 9.92. The zero-order valence-corrected chi connectivity index (χ0v) is 16.4. The van der Waals surface area contributed by atoms with Crippen molar-refractivity contribution in [2.24, 2.45) is 5.73 Å². The van der Waals surface area contributed by atoms with Gasteiger partial charge in [-0.2, -0.15) is 0 Å². The van der Waals surface area contributed by atoms with Gasteiger partial charge < -0.3 is 16.2 Å². The summed E-state index contributed by atoms with van der Waals surface area (Å²) in [6.07, 6.45) is 6.04. The number of nitrogens with one attached hydrogen (secondary N) is 1. The van der Waals surface area contributed by atoms with Crippen molar-refractivity contribution in [3.8, 4) is 11.3 Å². The minimum absolute atomic E-state index is 0.0885. The van der Waals surface area contributed by atoms with Crippen LogP contribution < -0.4 is 11.1 Å². The van der Waals surface area contributed by atoms with Crippen LogP contribution in [0, 0.1) is 0 Å². The van der Waals surface area contributed by atoms with Crippen LogP contribution in [0.15, 0.2) is 36.5 Å². The molecule has 3 heterocycles. The summed E-state index contributed by atoms with van der Waals surface area (Å²) in [5.41, 5.74) is 9.28. The monoisotopic (exact) mass is 408 g/mol. The van der Waals surface area contributed by atoms with E-state index in [0.717, 1.165) is 64.4 Å². The van der Waals surface area contributed by atoms with Crippen LogP contribution in [0.4, 0.5) is 5.82 Å². The highest BCUT2D eigenvalue weighted by atomic mass is 32.1. The van der Waals surface area contributed by atoms with E-state index in [1.807, 2.05) is 34.8 Å². The number of benzene rings is 1. The maximum atomic E-state index is 11.2. The lowest BCUT2D eigenvalue weighted by Crippen LogP contribution is -2.35. The van der Waals surface area contributed by atoms with Gasteiger partial charge in [0, 0.05) is 17.6 Å². The molecular formula is C20H20N6O2S. The Kier molecular flexibility index (Phi) is 4.40. The Hall–Kier alpha value is -3.04. The van der Waals surface area contributed by atoms with Crippen LogP contribution in [-0.4, -0.2) is 42.7 Å². The standard InChI is InChI=1S/C20H20N6O2S/c21-12-2-1-3-13(9-12)23-17-6-7-18-22-10-15(26(18)25-17)11-4-5-14-16(8-11)29-19(24-14)20(27)28/h4-8,10,12-13H,1-3,9,21H2,(H,23,25)(H,27,28). The number of carbonyl (C=O) groups is 1. The van der Waals surface area contributed by atoms with Crippen LogP contribution in [0.25, 0.3) is 27.1 Å². The van der Waals surface area contributed by atoms with Gasteiger partial charge in [-0.05, 0) is 49.9 Å². The van der Waals surface area contributed by atoms with Gasteiger partial charge in [-0.25, -0.2) is 19.3 Å². The van der Waals surface area contributed by atoms with Crippen LogP contribution in [0.5, 0.6) is 0 Å². The topological polar surface area (TPSA) is 118 Å². The van der Waals surface area contributed by atoms with Gasteiger partial charge in [0.1, 0.15) is 5.82 Å². The number of fused-ring (bicyclic) bond motifs is 2. The quantitative estimate of drug-likeness (QED) is 0.474. The van der Waals surface area contributed by atoms with Crippen molar-refractivity contribution in [2.75, 3.05) is 5.32 Å². The van der Waals surface area contributed by atoms with E-state index < -0.39 is 5.97 Å². The highest BCUT2D eigenvalue weighted by molar-refractivity contribution is 7.20. The molecular weight excluding hydrogens is 388 g/mol. The fourth-order valence-electron chi connectivity index (χ4n) is 3.89. The molecule has 1 saturated carbocycles. The molecule has 1 aliphatic rings. The first-order chi connectivity index (χ1) is 14.1. The number of thiazole rings is 1. The molecule has 3 aromatic heterocycles. The Morgan fingerprint density at radius 1 is 1.28 bits per heavy atom. The largest absolute Gasteiger partial charge is 0.476 e. The summed E-state index contributed by atoms with van der Waals surface area (Å²) in [6, 6.07) is 10.1. The van der Waals surface area contributed by atoms with Crippen LogP contribution in [0.1, 0.15) is 35.5 Å². The molecule has 2 unspecified atom stereocenters. The Morgan fingerprint density at radius 2 is 2.17 bits per heavy atom. The molecule has 148 valence electrons. The van der Waals surface area contributed by atoms with Gasteiger partial charge in [0.05, 0.1) is 22.1 Å². The smallest absolute Gasteiger partial charge is 0.365 e. The first kappa shape index (κ1) is 18.0. The maximum absolute atomic E-state index is 11.2. The van der Waals surface area contributed by atoms with Crippen LogP contribution in [-0.2, 0) is 0 Å². The van der Waals surface area contributed by atoms with E-state index >= 15 is 0 Å². The normalized spacial score (nSPS) is 19.6. The number of nitrogens with two attached hydrogens (primary N) is 1. The zero-order chi connectivity index (χ0) is 20.0. The van der Waals surface area contributed by atoms with Crippen molar-refractivity contribution < 1.29 is 9.90 Å². The van der Waals surface area contributed by atoms with E-state index in [4.69, 9.17) is 10.8 Å². The van der Waals surface area contributed by atoms with E-state index in [1.54, 1.807) is 6.20 Å². The fraction of sp³-hybridized carbons (Fsp3) is 0.300. The second-order valence-corrected chi connectivity index (χ2v) is 8.44. The average Bonchev–Trinajstić information content (AvgIpc) is 3.31. The number of aromatic carboxylic acids is 1. The van der Waals surface area contributed by atoms with Gasteiger partial charge in [-0.15, -0.1) is 16.4 Å². The van der Waals surface area contributed by atoms with Crippen molar-refractivity contribution in [3.63, 3.8) is 0 Å². The summed E-state index contributed by atoms with van der Waals surface area (Å²) in [4.78, 5) is 19.8. The van der Waals surface area contributed by atoms with E-state index in [-0.39, 0.29) is 11.0 Å². The minimum atomic E-state index is -1.01.